The SMILES string of the molecule is C#CCCC(=O)N1C(=O)OC[C@@H]1c1ccccc1. The van der Waals surface area contributed by atoms with Gasteiger partial charge >= 0.3 is 6.09 Å². The highest BCUT2D eigenvalue weighted by Crippen LogP contribution is 2.28. The van der Waals surface area contributed by atoms with Gasteiger partial charge in [0.2, 0.25) is 5.91 Å². The van der Waals surface area contributed by atoms with E-state index in [1.165, 1.54) is 0 Å². The Labute approximate surface area is 106 Å². The van der Waals surface area contributed by atoms with Crippen molar-refractivity contribution in [3.05, 3.63) is 35.9 Å². The molecule has 2 rings (SSSR count). The zero-order chi connectivity index (χ0) is 13.0. The number of rotatable bonds is 3. The summed E-state index contributed by atoms with van der Waals surface area (Å²) in [6.07, 6.45) is 5.01. The molecular weight excluding hydrogens is 230 g/mol. The van der Waals surface area contributed by atoms with Gasteiger partial charge in [0.15, 0.2) is 0 Å². The molecule has 0 aliphatic carbocycles. The van der Waals surface area contributed by atoms with Crippen molar-refractivity contribution in [2.24, 2.45) is 0 Å². The molecule has 0 radical (unpaired) electrons. The van der Waals surface area contributed by atoms with Crippen LogP contribution in [0.5, 0.6) is 0 Å². The largest absolute Gasteiger partial charge is 0.446 e. The monoisotopic (exact) mass is 243 g/mol. The number of imide groups is 1. The number of benzene rings is 1. The lowest BCUT2D eigenvalue weighted by Gasteiger charge is -2.19. The fourth-order valence-corrected chi connectivity index (χ4v) is 1.92. The van der Waals surface area contributed by atoms with Gasteiger partial charge in [0.05, 0.1) is 0 Å². The molecule has 0 N–H and O–H groups in total. The van der Waals surface area contributed by atoms with Crippen LogP contribution in [-0.2, 0) is 9.53 Å². The molecule has 1 aromatic rings. The van der Waals surface area contributed by atoms with Gasteiger partial charge in [0, 0.05) is 12.8 Å². The van der Waals surface area contributed by atoms with Crippen molar-refractivity contribution in [1.29, 1.82) is 0 Å². The van der Waals surface area contributed by atoms with Gasteiger partial charge in [-0.05, 0) is 5.56 Å². The third-order valence-corrected chi connectivity index (χ3v) is 2.81. The van der Waals surface area contributed by atoms with E-state index in [0.29, 0.717) is 6.42 Å². The molecule has 4 nitrogen and oxygen atoms in total. The summed E-state index contributed by atoms with van der Waals surface area (Å²) in [5, 5.41) is 0. The van der Waals surface area contributed by atoms with Crippen LogP contribution < -0.4 is 0 Å². The highest BCUT2D eigenvalue weighted by Gasteiger charge is 2.38. The molecule has 1 fully saturated rings. The van der Waals surface area contributed by atoms with Gasteiger partial charge in [0.1, 0.15) is 12.6 Å². The minimum absolute atomic E-state index is 0.162. The van der Waals surface area contributed by atoms with Crippen LogP contribution in [0, 0.1) is 12.3 Å². The number of amides is 2. The summed E-state index contributed by atoms with van der Waals surface area (Å²) in [6.45, 7) is 0.199. The van der Waals surface area contributed by atoms with E-state index in [1.54, 1.807) is 0 Å². The molecule has 0 spiro atoms. The normalized spacial score (nSPS) is 18.3. The average Bonchev–Trinajstić information content (AvgIpc) is 2.79. The Morgan fingerprint density at radius 2 is 2.17 bits per heavy atom. The molecule has 4 heteroatoms. The molecular formula is C14H13NO3. The second-order valence-corrected chi connectivity index (χ2v) is 3.97. The first kappa shape index (κ1) is 12.2. The average molecular weight is 243 g/mol. The van der Waals surface area contributed by atoms with Crippen LogP contribution >= 0.6 is 0 Å². The fourth-order valence-electron chi connectivity index (χ4n) is 1.92. The van der Waals surface area contributed by atoms with Crippen LogP contribution in [0.1, 0.15) is 24.4 Å². The summed E-state index contributed by atoms with van der Waals surface area (Å²) in [4.78, 5) is 24.7. The lowest BCUT2D eigenvalue weighted by Crippen LogP contribution is -2.33. The zero-order valence-electron chi connectivity index (χ0n) is 9.83. The summed E-state index contributed by atoms with van der Waals surface area (Å²) in [5.41, 5.74) is 0.886. The highest BCUT2D eigenvalue weighted by atomic mass is 16.6. The molecule has 1 saturated heterocycles. The molecule has 0 saturated carbocycles. The van der Waals surface area contributed by atoms with E-state index in [4.69, 9.17) is 11.2 Å². The van der Waals surface area contributed by atoms with E-state index < -0.39 is 6.09 Å². The number of carbonyl (C=O) groups excluding carboxylic acids is 2. The third kappa shape index (κ3) is 2.35. The maximum atomic E-state index is 11.9. The second kappa shape index (κ2) is 5.37. The van der Waals surface area contributed by atoms with Crippen LogP contribution in [-0.4, -0.2) is 23.5 Å². The van der Waals surface area contributed by atoms with E-state index in [2.05, 4.69) is 5.92 Å². The Hall–Kier alpha value is -2.28. The van der Waals surface area contributed by atoms with E-state index in [-0.39, 0.29) is 25.0 Å². The standard InChI is InChI=1S/C14H13NO3/c1-2-3-9-13(16)15-12(10-18-14(15)17)11-7-5-4-6-8-11/h1,4-8,12H,3,9-10H2/t12-/m1/s1. The van der Waals surface area contributed by atoms with Crippen molar-refractivity contribution in [2.45, 2.75) is 18.9 Å². The van der Waals surface area contributed by atoms with Gasteiger partial charge in [-0.2, -0.15) is 0 Å². The Bertz CT molecular complexity index is 490. The number of terminal acetylenes is 1. The molecule has 1 aromatic carbocycles. The van der Waals surface area contributed by atoms with E-state index >= 15 is 0 Å². The Morgan fingerprint density at radius 3 is 2.83 bits per heavy atom. The summed E-state index contributed by atoms with van der Waals surface area (Å²) >= 11 is 0. The molecule has 2 amide bonds. The van der Waals surface area contributed by atoms with Gasteiger partial charge in [-0.15, -0.1) is 12.3 Å². The van der Waals surface area contributed by atoms with Crippen LogP contribution in [0.3, 0.4) is 0 Å². The summed E-state index contributed by atoms with van der Waals surface area (Å²) in [7, 11) is 0. The first-order valence-electron chi connectivity index (χ1n) is 5.71. The lowest BCUT2D eigenvalue weighted by atomic mass is 10.1. The molecule has 92 valence electrons. The predicted octanol–water partition coefficient (Wildman–Crippen LogP) is 2.12. The Kier molecular flexibility index (Phi) is 3.63. The van der Waals surface area contributed by atoms with E-state index in [1.807, 2.05) is 30.3 Å². The van der Waals surface area contributed by atoms with Crippen LogP contribution in [0.4, 0.5) is 4.79 Å². The molecule has 0 unspecified atom stereocenters. The molecule has 0 bridgehead atoms. The predicted molar refractivity (Wildman–Crippen MR) is 65.4 cm³/mol. The molecule has 18 heavy (non-hydrogen) atoms. The van der Waals surface area contributed by atoms with Gasteiger partial charge in [-0.1, -0.05) is 30.3 Å². The van der Waals surface area contributed by atoms with E-state index in [9.17, 15) is 9.59 Å². The first-order valence-corrected chi connectivity index (χ1v) is 5.71. The number of hydrogen-bond donors (Lipinski definition) is 0. The number of ether oxygens (including phenoxy) is 1. The summed E-state index contributed by atoms with van der Waals surface area (Å²) < 4.78 is 4.95. The van der Waals surface area contributed by atoms with Crippen LogP contribution in [0.15, 0.2) is 30.3 Å². The van der Waals surface area contributed by atoms with Crippen LogP contribution in [0.2, 0.25) is 0 Å². The first-order chi connectivity index (χ1) is 8.74. The van der Waals surface area contributed by atoms with Crippen molar-refractivity contribution >= 4 is 12.0 Å². The van der Waals surface area contributed by atoms with Crippen molar-refractivity contribution in [2.75, 3.05) is 6.61 Å². The quantitative estimate of drug-likeness (QED) is 0.764. The highest BCUT2D eigenvalue weighted by molar-refractivity contribution is 5.93. The van der Waals surface area contributed by atoms with Crippen LogP contribution in [0.25, 0.3) is 0 Å². The minimum Gasteiger partial charge on any atom is -0.446 e. The zero-order valence-corrected chi connectivity index (χ0v) is 9.83. The maximum Gasteiger partial charge on any atom is 0.417 e. The Balaban J connectivity index is 2.18. The van der Waals surface area contributed by atoms with Crippen molar-refractivity contribution in [3.8, 4) is 12.3 Å². The van der Waals surface area contributed by atoms with Gasteiger partial charge < -0.3 is 4.74 Å². The smallest absolute Gasteiger partial charge is 0.417 e. The van der Waals surface area contributed by atoms with Gasteiger partial charge in [0.25, 0.3) is 0 Å². The minimum atomic E-state index is -0.592. The number of nitrogens with zero attached hydrogens (tertiary/aromatic N) is 1. The number of cyclic esters (lactones) is 1. The third-order valence-electron chi connectivity index (χ3n) is 2.81. The molecule has 1 atom stereocenters. The maximum absolute atomic E-state index is 11.9. The molecule has 1 aliphatic rings. The van der Waals surface area contributed by atoms with Crippen molar-refractivity contribution in [1.82, 2.24) is 4.90 Å². The topological polar surface area (TPSA) is 46.6 Å². The van der Waals surface area contributed by atoms with Gasteiger partial charge in [-0.25, -0.2) is 9.69 Å². The molecule has 1 heterocycles. The van der Waals surface area contributed by atoms with E-state index in [0.717, 1.165) is 10.5 Å². The van der Waals surface area contributed by atoms with Crippen molar-refractivity contribution < 1.29 is 14.3 Å². The molecule has 1 aliphatic heterocycles. The number of carbonyl (C=O) groups is 2. The lowest BCUT2D eigenvalue weighted by molar-refractivity contribution is -0.129. The van der Waals surface area contributed by atoms with Gasteiger partial charge in [-0.3, -0.25) is 4.79 Å². The number of hydrogen-bond acceptors (Lipinski definition) is 3. The second-order valence-electron chi connectivity index (χ2n) is 3.97. The fraction of sp³-hybridized carbons (Fsp3) is 0.286. The van der Waals surface area contributed by atoms with Crippen molar-refractivity contribution in [3.63, 3.8) is 0 Å². The summed E-state index contributed by atoms with van der Waals surface area (Å²) in [5.74, 6) is 2.10. The summed E-state index contributed by atoms with van der Waals surface area (Å²) in [6, 6.07) is 9.00. The molecule has 0 aromatic heterocycles. The Morgan fingerprint density at radius 1 is 1.44 bits per heavy atom.